The van der Waals surface area contributed by atoms with Crippen LogP contribution in [0.5, 0.6) is 0 Å². The summed E-state index contributed by atoms with van der Waals surface area (Å²) in [6.45, 7) is 4.36. The van der Waals surface area contributed by atoms with Crippen molar-refractivity contribution in [3.05, 3.63) is 35.9 Å². The molecule has 1 aromatic carbocycles. The van der Waals surface area contributed by atoms with Crippen LogP contribution in [-0.4, -0.2) is 24.9 Å². The van der Waals surface area contributed by atoms with E-state index in [4.69, 9.17) is 9.47 Å². The number of esters is 1. The molecular weight excluding hydrogens is 230 g/mol. The van der Waals surface area contributed by atoms with Gasteiger partial charge in [-0.05, 0) is 31.6 Å². The van der Waals surface area contributed by atoms with Gasteiger partial charge in [0, 0.05) is 12.3 Å². The van der Waals surface area contributed by atoms with Crippen molar-refractivity contribution in [3.63, 3.8) is 0 Å². The first-order valence-corrected chi connectivity index (χ1v) is 6.09. The third-order valence-corrected chi connectivity index (χ3v) is 2.73. The minimum absolute atomic E-state index is 0.324. The molecule has 0 spiro atoms. The highest BCUT2D eigenvalue weighted by atomic mass is 16.6. The molecule has 0 amide bonds. The zero-order valence-corrected chi connectivity index (χ0v) is 10.6. The molecule has 4 heteroatoms. The van der Waals surface area contributed by atoms with Crippen LogP contribution in [0.1, 0.15) is 19.4 Å². The van der Waals surface area contributed by atoms with Gasteiger partial charge in [0.25, 0.3) is 5.72 Å². The maximum Gasteiger partial charge on any atom is 0.364 e. The molecule has 96 valence electrons. The second-order valence-electron chi connectivity index (χ2n) is 3.93. The van der Waals surface area contributed by atoms with Crippen LogP contribution < -0.4 is 5.32 Å². The Labute approximate surface area is 107 Å². The fraction of sp³-hybridized carbons (Fsp3) is 0.357. The van der Waals surface area contributed by atoms with Crippen molar-refractivity contribution in [1.29, 1.82) is 0 Å². The van der Waals surface area contributed by atoms with Crippen LogP contribution >= 0.6 is 0 Å². The third-order valence-electron chi connectivity index (χ3n) is 2.73. The molecule has 0 saturated carbocycles. The van der Waals surface area contributed by atoms with Crippen molar-refractivity contribution in [2.24, 2.45) is 0 Å². The van der Waals surface area contributed by atoms with E-state index in [1.54, 1.807) is 13.0 Å². The van der Waals surface area contributed by atoms with E-state index in [9.17, 15) is 4.79 Å². The van der Waals surface area contributed by atoms with Gasteiger partial charge in [0.1, 0.15) is 0 Å². The lowest BCUT2D eigenvalue weighted by Gasteiger charge is -2.33. The van der Waals surface area contributed by atoms with Crippen molar-refractivity contribution in [2.45, 2.75) is 19.6 Å². The van der Waals surface area contributed by atoms with Crippen LogP contribution in [0.15, 0.2) is 30.3 Å². The predicted octanol–water partition coefficient (Wildman–Crippen LogP) is 2.42. The molecule has 0 aliphatic carbocycles. The van der Waals surface area contributed by atoms with Gasteiger partial charge in [-0.3, -0.25) is 0 Å². The van der Waals surface area contributed by atoms with E-state index in [2.05, 4.69) is 5.32 Å². The van der Waals surface area contributed by atoms with Crippen LogP contribution in [0.3, 0.4) is 0 Å². The Kier molecular flexibility index (Phi) is 3.67. The smallest absolute Gasteiger partial charge is 0.364 e. The number of nitrogens with one attached hydrogen (secondary N) is 1. The van der Waals surface area contributed by atoms with Gasteiger partial charge < -0.3 is 14.8 Å². The number of hydrogen-bond donors (Lipinski definition) is 1. The van der Waals surface area contributed by atoms with Crippen molar-refractivity contribution in [2.75, 3.05) is 18.5 Å². The zero-order valence-electron chi connectivity index (χ0n) is 10.6. The van der Waals surface area contributed by atoms with Gasteiger partial charge >= 0.3 is 5.97 Å². The summed E-state index contributed by atoms with van der Waals surface area (Å²) >= 11 is 0. The molecule has 18 heavy (non-hydrogen) atoms. The quantitative estimate of drug-likeness (QED) is 0.830. The molecule has 0 aromatic heterocycles. The molecule has 4 nitrogen and oxygen atoms in total. The van der Waals surface area contributed by atoms with Gasteiger partial charge in [-0.2, -0.15) is 0 Å². The van der Waals surface area contributed by atoms with Crippen molar-refractivity contribution >= 4 is 17.7 Å². The summed E-state index contributed by atoms with van der Waals surface area (Å²) in [6, 6.07) is 7.74. The fourth-order valence-corrected chi connectivity index (χ4v) is 1.93. The number of anilines is 1. The first-order valence-electron chi connectivity index (χ1n) is 6.09. The van der Waals surface area contributed by atoms with Gasteiger partial charge in [-0.15, -0.1) is 0 Å². The number of fused-ring (bicyclic) bond motifs is 1. The summed E-state index contributed by atoms with van der Waals surface area (Å²) in [4.78, 5) is 12.1. The monoisotopic (exact) mass is 247 g/mol. The molecule has 0 bridgehead atoms. The summed E-state index contributed by atoms with van der Waals surface area (Å²) in [5.41, 5.74) is 0.678. The lowest BCUT2D eigenvalue weighted by Crippen LogP contribution is -2.49. The molecule has 1 aromatic rings. The van der Waals surface area contributed by atoms with Crippen LogP contribution in [0.4, 0.5) is 5.69 Å². The molecule has 0 saturated heterocycles. The molecule has 2 rings (SSSR count). The Bertz CT molecular complexity index is 470. The SMILES string of the molecule is CCOC(=O)C1(OCC)C=Cc2ccccc2N1. The van der Waals surface area contributed by atoms with E-state index >= 15 is 0 Å². The molecular formula is C14H17NO3. The van der Waals surface area contributed by atoms with Crippen molar-refractivity contribution < 1.29 is 14.3 Å². The second-order valence-corrected chi connectivity index (χ2v) is 3.93. The van der Waals surface area contributed by atoms with E-state index in [-0.39, 0.29) is 0 Å². The van der Waals surface area contributed by atoms with Crippen molar-refractivity contribution in [3.8, 4) is 0 Å². The van der Waals surface area contributed by atoms with Crippen LogP contribution in [-0.2, 0) is 14.3 Å². The van der Waals surface area contributed by atoms with Gasteiger partial charge in [-0.25, -0.2) is 4.79 Å². The molecule has 0 radical (unpaired) electrons. The number of benzene rings is 1. The van der Waals surface area contributed by atoms with Crippen LogP contribution in [0, 0.1) is 0 Å². The average molecular weight is 247 g/mol. The minimum atomic E-state index is -1.21. The van der Waals surface area contributed by atoms with Crippen LogP contribution in [0.25, 0.3) is 6.08 Å². The van der Waals surface area contributed by atoms with Gasteiger partial charge in [0.15, 0.2) is 0 Å². The average Bonchev–Trinajstić information content (AvgIpc) is 2.39. The summed E-state index contributed by atoms with van der Waals surface area (Å²) in [5, 5.41) is 3.11. The lowest BCUT2D eigenvalue weighted by molar-refractivity contribution is -0.162. The van der Waals surface area contributed by atoms with Crippen LogP contribution in [0.2, 0.25) is 0 Å². The van der Waals surface area contributed by atoms with Gasteiger partial charge in [0.05, 0.1) is 6.61 Å². The van der Waals surface area contributed by atoms with Gasteiger partial charge in [0.2, 0.25) is 0 Å². The topological polar surface area (TPSA) is 47.6 Å². The Morgan fingerprint density at radius 1 is 1.28 bits per heavy atom. The standard InChI is InChI=1S/C14H17NO3/c1-3-17-13(16)14(18-4-2)10-9-11-7-5-6-8-12(11)15-14/h5-10,15H,3-4H2,1-2H3. The highest BCUT2D eigenvalue weighted by molar-refractivity contribution is 5.90. The highest BCUT2D eigenvalue weighted by Crippen LogP contribution is 2.29. The number of para-hydroxylation sites is 1. The van der Waals surface area contributed by atoms with E-state index in [1.165, 1.54) is 0 Å². The fourth-order valence-electron chi connectivity index (χ4n) is 1.93. The van der Waals surface area contributed by atoms with E-state index < -0.39 is 11.7 Å². The zero-order chi connectivity index (χ0) is 13.0. The summed E-state index contributed by atoms with van der Waals surface area (Å²) < 4.78 is 10.6. The number of hydrogen-bond acceptors (Lipinski definition) is 4. The molecule has 0 fully saturated rings. The maximum atomic E-state index is 12.1. The Morgan fingerprint density at radius 3 is 2.78 bits per heavy atom. The molecule has 1 aliphatic rings. The normalized spacial score (nSPS) is 21.0. The summed E-state index contributed by atoms with van der Waals surface area (Å²) in [6.07, 6.45) is 3.58. The number of ether oxygens (including phenoxy) is 2. The second kappa shape index (κ2) is 5.23. The molecule has 1 aliphatic heterocycles. The van der Waals surface area contributed by atoms with Crippen molar-refractivity contribution in [1.82, 2.24) is 0 Å². The van der Waals surface area contributed by atoms with E-state index in [0.29, 0.717) is 13.2 Å². The van der Waals surface area contributed by atoms with E-state index in [1.807, 2.05) is 37.3 Å². The number of rotatable bonds is 4. The largest absolute Gasteiger partial charge is 0.462 e. The van der Waals surface area contributed by atoms with Gasteiger partial charge in [-0.1, -0.05) is 24.3 Å². The summed E-state index contributed by atoms with van der Waals surface area (Å²) in [7, 11) is 0. The Balaban J connectivity index is 2.32. The lowest BCUT2D eigenvalue weighted by atomic mass is 10.0. The number of carbonyl (C=O) groups excluding carboxylic acids is 1. The molecule has 1 heterocycles. The number of carbonyl (C=O) groups is 1. The third kappa shape index (κ3) is 2.24. The molecule has 1 N–H and O–H groups in total. The first kappa shape index (κ1) is 12.6. The Hall–Kier alpha value is -1.81. The highest BCUT2D eigenvalue weighted by Gasteiger charge is 2.40. The van der Waals surface area contributed by atoms with E-state index in [0.717, 1.165) is 11.3 Å². The molecule has 1 unspecified atom stereocenters. The first-order chi connectivity index (χ1) is 8.72. The minimum Gasteiger partial charge on any atom is -0.462 e. The predicted molar refractivity (Wildman–Crippen MR) is 70.1 cm³/mol. The Morgan fingerprint density at radius 2 is 2.06 bits per heavy atom. The molecule has 1 atom stereocenters. The maximum absolute atomic E-state index is 12.1. The summed E-state index contributed by atoms with van der Waals surface area (Å²) in [5.74, 6) is -0.419.